The normalized spacial score (nSPS) is 18.5. The molecule has 4 rings (SSSR count). The number of carbonyl (C=O) groups is 2. The molecule has 0 bridgehead atoms. The highest BCUT2D eigenvalue weighted by molar-refractivity contribution is 5.98. The molecule has 2 saturated heterocycles. The highest BCUT2D eigenvalue weighted by Crippen LogP contribution is 2.30. The summed E-state index contributed by atoms with van der Waals surface area (Å²) >= 11 is 0. The van der Waals surface area contributed by atoms with Crippen LogP contribution in [0.1, 0.15) is 68.3 Å². The summed E-state index contributed by atoms with van der Waals surface area (Å²) in [5.41, 5.74) is 5.62. The molecule has 0 saturated carbocycles. The van der Waals surface area contributed by atoms with Crippen LogP contribution in [0, 0.1) is 23.1 Å². The van der Waals surface area contributed by atoms with Gasteiger partial charge in [0.1, 0.15) is 29.3 Å². The number of likely N-dealkylation sites (tertiary alicyclic amines) is 2. The van der Waals surface area contributed by atoms with Crippen molar-refractivity contribution >= 4 is 11.8 Å². The van der Waals surface area contributed by atoms with Crippen LogP contribution in [-0.2, 0) is 4.79 Å². The van der Waals surface area contributed by atoms with E-state index in [0.717, 1.165) is 25.9 Å². The number of ether oxygens (including phenoxy) is 1. The van der Waals surface area contributed by atoms with Crippen LogP contribution in [0.5, 0.6) is 5.75 Å². The average molecular weight is 553 g/mol. The van der Waals surface area contributed by atoms with E-state index in [9.17, 15) is 19.2 Å². The van der Waals surface area contributed by atoms with Gasteiger partial charge in [0.25, 0.3) is 5.91 Å². The number of halogens is 2. The Hall–Kier alpha value is -3.51. The molecule has 9 heteroatoms. The minimum atomic E-state index is -1.13. The van der Waals surface area contributed by atoms with Gasteiger partial charge in [-0.2, -0.15) is 5.26 Å². The number of nitrogens with two attached hydrogens (primary N) is 1. The number of alkyl halides is 1. The summed E-state index contributed by atoms with van der Waals surface area (Å²) in [6.07, 6.45) is 3.97. The van der Waals surface area contributed by atoms with Crippen LogP contribution in [0.25, 0.3) is 11.1 Å². The molecule has 0 aromatic heterocycles. The molecule has 0 unspecified atom stereocenters. The topological polar surface area (TPSA) is 99.7 Å². The monoisotopic (exact) mass is 552 g/mol. The van der Waals surface area contributed by atoms with Crippen molar-refractivity contribution in [3.63, 3.8) is 0 Å². The van der Waals surface area contributed by atoms with Crippen LogP contribution in [0.2, 0.25) is 0 Å². The first-order valence-electron chi connectivity index (χ1n) is 14.2. The first kappa shape index (κ1) is 29.5. The molecule has 2 heterocycles. The van der Waals surface area contributed by atoms with Gasteiger partial charge in [0.15, 0.2) is 0 Å². The second-order valence-corrected chi connectivity index (χ2v) is 11.0. The average Bonchev–Trinajstić information content (AvgIpc) is 3.47. The van der Waals surface area contributed by atoms with Crippen molar-refractivity contribution in [1.29, 1.82) is 5.26 Å². The zero-order chi connectivity index (χ0) is 28.9. The molecular formula is C31H38F2N4O3. The van der Waals surface area contributed by atoms with Crippen LogP contribution in [0.4, 0.5) is 8.78 Å². The van der Waals surface area contributed by atoms with Crippen molar-refractivity contribution in [3.05, 3.63) is 53.3 Å². The van der Waals surface area contributed by atoms with E-state index in [1.807, 2.05) is 13.8 Å². The molecule has 2 aromatic rings. The fraction of sp³-hybridized carbons (Fsp3) is 0.516. The number of piperidine rings is 1. The molecule has 2 amide bonds. The molecule has 0 spiro atoms. The molecule has 2 fully saturated rings. The summed E-state index contributed by atoms with van der Waals surface area (Å²) in [5.74, 6) is -1.06. The van der Waals surface area contributed by atoms with Gasteiger partial charge in [0, 0.05) is 13.1 Å². The van der Waals surface area contributed by atoms with E-state index >= 15 is 4.39 Å². The maximum Gasteiger partial charge on any atom is 0.257 e. The lowest BCUT2D eigenvalue weighted by atomic mass is 9.94. The third-order valence-electron chi connectivity index (χ3n) is 8.43. The Labute approximate surface area is 234 Å². The highest BCUT2D eigenvalue weighted by atomic mass is 19.1. The summed E-state index contributed by atoms with van der Waals surface area (Å²) in [5, 5.41) is 9.74. The number of hydrogen-bond donors (Lipinski definition) is 1. The van der Waals surface area contributed by atoms with Crippen molar-refractivity contribution < 1.29 is 23.1 Å². The molecule has 2 aliphatic heterocycles. The van der Waals surface area contributed by atoms with Gasteiger partial charge in [-0.15, -0.1) is 0 Å². The Morgan fingerprint density at radius 1 is 1.07 bits per heavy atom. The summed E-state index contributed by atoms with van der Waals surface area (Å²) in [6.45, 7) is 6.74. The van der Waals surface area contributed by atoms with E-state index in [4.69, 9.17) is 10.5 Å². The van der Waals surface area contributed by atoms with Gasteiger partial charge in [-0.25, -0.2) is 8.78 Å². The summed E-state index contributed by atoms with van der Waals surface area (Å²) in [6, 6.07) is 10.8. The Bertz CT molecular complexity index is 1270. The number of carbonyl (C=O) groups excluding carboxylic acids is 2. The SMILES string of the molecule is CCC(F)(CC)CN1CCC(COc2ccc(-c3ccc(C(=O)N4CCC[C@H]4C(N)=O)c(F)c3)cc2C#N)CC1. The Kier molecular flexibility index (Phi) is 9.41. The largest absolute Gasteiger partial charge is 0.492 e. The summed E-state index contributed by atoms with van der Waals surface area (Å²) < 4.78 is 35.8. The molecule has 0 radical (unpaired) electrons. The maximum atomic E-state index is 15.0. The molecule has 2 aromatic carbocycles. The number of nitrogens with zero attached hydrogens (tertiary/aromatic N) is 3. The second kappa shape index (κ2) is 12.8. The molecule has 2 N–H and O–H groups in total. The van der Waals surface area contributed by atoms with Gasteiger partial charge >= 0.3 is 0 Å². The number of benzene rings is 2. The van der Waals surface area contributed by atoms with Crippen molar-refractivity contribution in [2.45, 2.75) is 64.1 Å². The van der Waals surface area contributed by atoms with Gasteiger partial charge in [0.2, 0.25) is 5.91 Å². The Morgan fingerprint density at radius 2 is 1.75 bits per heavy atom. The molecule has 40 heavy (non-hydrogen) atoms. The fourth-order valence-corrected chi connectivity index (χ4v) is 5.64. The lowest BCUT2D eigenvalue weighted by Crippen LogP contribution is -2.44. The Balaban J connectivity index is 1.38. The molecule has 1 atom stereocenters. The molecule has 7 nitrogen and oxygen atoms in total. The van der Waals surface area contributed by atoms with Crippen LogP contribution in [0.3, 0.4) is 0 Å². The van der Waals surface area contributed by atoms with Gasteiger partial charge in [-0.3, -0.25) is 9.59 Å². The quantitative estimate of drug-likeness (QED) is 0.444. The van der Waals surface area contributed by atoms with E-state index < -0.39 is 29.3 Å². The number of hydrogen-bond acceptors (Lipinski definition) is 5. The van der Waals surface area contributed by atoms with E-state index in [-0.39, 0.29) is 5.56 Å². The lowest BCUT2D eigenvalue weighted by molar-refractivity contribution is -0.121. The van der Waals surface area contributed by atoms with E-state index in [2.05, 4.69) is 11.0 Å². The summed E-state index contributed by atoms with van der Waals surface area (Å²) in [4.78, 5) is 28.1. The zero-order valence-electron chi connectivity index (χ0n) is 23.3. The third kappa shape index (κ3) is 6.61. The smallest absolute Gasteiger partial charge is 0.257 e. The number of amides is 2. The van der Waals surface area contributed by atoms with Crippen LogP contribution in [-0.4, -0.2) is 66.1 Å². The zero-order valence-corrected chi connectivity index (χ0v) is 23.3. The van der Waals surface area contributed by atoms with Gasteiger partial charge < -0.3 is 20.3 Å². The lowest BCUT2D eigenvalue weighted by Gasteiger charge is -2.36. The molecule has 0 aliphatic carbocycles. The molecule has 214 valence electrons. The van der Waals surface area contributed by atoms with Crippen LogP contribution in [0.15, 0.2) is 36.4 Å². The second-order valence-electron chi connectivity index (χ2n) is 11.0. The fourth-order valence-electron chi connectivity index (χ4n) is 5.64. The first-order chi connectivity index (χ1) is 19.2. The van der Waals surface area contributed by atoms with Gasteiger partial charge in [0.05, 0.1) is 17.7 Å². The van der Waals surface area contributed by atoms with Crippen molar-refractivity contribution in [1.82, 2.24) is 9.80 Å². The van der Waals surface area contributed by atoms with Gasteiger partial charge in [-0.05, 0) is 92.9 Å². The van der Waals surface area contributed by atoms with Crippen molar-refractivity contribution in [2.75, 3.05) is 32.8 Å². The minimum Gasteiger partial charge on any atom is -0.492 e. The highest BCUT2D eigenvalue weighted by Gasteiger charge is 2.34. The first-order valence-corrected chi connectivity index (χ1v) is 14.2. The van der Waals surface area contributed by atoms with Crippen molar-refractivity contribution in [2.24, 2.45) is 11.7 Å². The van der Waals surface area contributed by atoms with E-state index in [1.54, 1.807) is 24.3 Å². The predicted octanol–water partition coefficient (Wildman–Crippen LogP) is 5.07. The van der Waals surface area contributed by atoms with Crippen LogP contribution < -0.4 is 10.5 Å². The summed E-state index contributed by atoms with van der Waals surface area (Å²) in [7, 11) is 0. The van der Waals surface area contributed by atoms with Gasteiger partial charge in [-0.1, -0.05) is 26.0 Å². The minimum absolute atomic E-state index is 0.120. The predicted molar refractivity (Wildman–Crippen MR) is 149 cm³/mol. The number of primary amides is 1. The van der Waals surface area contributed by atoms with E-state index in [1.165, 1.54) is 17.0 Å². The molecule has 2 aliphatic rings. The maximum absolute atomic E-state index is 15.0. The number of rotatable bonds is 10. The Morgan fingerprint density at radius 3 is 2.38 bits per heavy atom. The molecular weight excluding hydrogens is 514 g/mol. The third-order valence-corrected chi connectivity index (χ3v) is 8.43. The number of nitriles is 1. The van der Waals surface area contributed by atoms with Crippen molar-refractivity contribution in [3.8, 4) is 22.9 Å². The standard InChI is InChI=1S/C31H38F2N4O3/c1-3-31(33,4-2)20-36-14-11-21(12-15-36)19-40-28-10-8-22(16-24(28)18-34)23-7-9-25(26(32)17-23)30(39)37-13-5-6-27(37)29(35)38/h7-10,16-17,21,27H,3-6,11-15,19-20H2,1-2H3,(H2,35,38)/t27-/m0/s1. The van der Waals surface area contributed by atoms with Crippen LogP contribution >= 0.6 is 0 Å². The van der Waals surface area contributed by atoms with E-state index in [0.29, 0.717) is 73.7 Å².